The van der Waals surface area contributed by atoms with E-state index >= 15 is 0 Å². The van der Waals surface area contributed by atoms with E-state index in [2.05, 4.69) is 26.1 Å². The van der Waals surface area contributed by atoms with Crippen LogP contribution in [0, 0.1) is 5.41 Å². The Morgan fingerprint density at radius 2 is 1.89 bits per heavy atom. The molecule has 1 heterocycles. The summed E-state index contributed by atoms with van der Waals surface area (Å²) in [6, 6.07) is 0.177. The summed E-state index contributed by atoms with van der Waals surface area (Å²) in [6.45, 7) is 8.75. The molecule has 0 radical (unpaired) electrons. The molecule has 18 heavy (non-hydrogen) atoms. The first kappa shape index (κ1) is 15.4. The van der Waals surface area contributed by atoms with Crippen molar-refractivity contribution in [1.82, 2.24) is 10.2 Å². The lowest BCUT2D eigenvalue weighted by molar-refractivity contribution is -0.131. The Morgan fingerprint density at radius 1 is 1.28 bits per heavy atom. The number of nitrogens with zero attached hydrogens (tertiary/aromatic N) is 1. The zero-order valence-corrected chi connectivity index (χ0v) is 12.0. The molecule has 0 bridgehead atoms. The maximum atomic E-state index is 12.0. The summed E-state index contributed by atoms with van der Waals surface area (Å²) in [7, 11) is 0. The average Bonchev–Trinajstić information content (AvgIpc) is 2.33. The first-order chi connectivity index (χ1) is 8.45. The summed E-state index contributed by atoms with van der Waals surface area (Å²) in [5.41, 5.74) is 0.0604. The normalized spacial score (nSPS) is 18.8. The second-order valence-electron chi connectivity index (χ2n) is 6.25. The van der Waals surface area contributed by atoms with Gasteiger partial charge < -0.3 is 15.3 Å². The van der Waals surface area contributed by atoms with Gasteiger partial charge in [0.1, 0.15) is 0 Å². The van der Waals surface area contributed by atoms with Gasteiger partial charge in [0, 0.05) is 25.7 Å². The van der Waals surface area contributed by atoms with Gasteiger partial charge in [0.15, 0.2) is 0 Å². The number of aliphatic hydroxyl groups excluding tert-OH is 1. The van der Waals surface area contributed by atoms with Gasteiger partial charge >= 0.3 is 0 Å². The maximum absolute atomic E-state index is 12.0. The zero-order valence-electron chi connectivity index (χ0n) is 12.0. The van der Waals surface area contributed by atoms with E-state index in [9.17, 15) is 4.79 Å². The van der Waals surface area contributed by atoms with Crippen LogP contribution in [0.15, 0.2) is 0 Å². The van der Waals surface area contributed by atoms with Gasteiger partial charge in [0.05, 0.1) is 6.54 Å². The molecule has 4 heteroatoms. The first-order valence-electron chi connectivity index (χ1n) is 7.07. The van der Waals surface area contributed by atoms with Gasteiger partial charge in [-0.2, -0.15) is 0 Å². The number of piperidine rings is 1. The Balaban J connectivity index is 2.38. The zero-order chi connectivity index (χ0) is 13.6. The van der Waals surface area contributed by atoms with Crippen LogP contribution in [0.1, 0.15) is 46.5 Å². The van der Waals surface area contributed by atoms with Crippen molar-refractivity contribution in [2.75, 3.05) is 26.2 Å². The summed E-state index contributed by atoms with van der Waals surface area (Å²) in [4.78, 5) is 14.0. The third-order valence-electron chi connectivity index (χ3n) is 3.67. The van der Waals surface area contributed by atoms with Crippen LogP contribution < -0.4 is 5.32 Å². The predicted octanol–water partition coefficient (Wildman–Crippen LogP) is 1.39. The van der Waals surface area contributed by atoms with Crippen LogP contribution in [-0.2, 0) is 4.79 Å². The standard InChI is InChI=1S/C14H28N2O2/c1-14(2,3)12(7-10-17)15-11-13(18)16-8-5-4-6-9-16/h12,15,17H,4-11H2,1-3H3. The van der Waals surface area contributed by atoms with Crippen molar-refractivity contribution in [3.8, 4) is 0 Å². The summed E-state index contributed by atoms with van der Waals surface area (Å²) in [5.74, 6) is 0.196. The molecule has 0 saturated carbocycles. The fraction of sp³-hybridized carbons (Fsp3) is 0.929. The molecule has 0 aromatic carbocycles. The number of hydrogen-bond donors (Lipinski definition) is 2. The van der Waals surface area contributed by atoms with Gasteiger partial charge in [0.25, 0.3) is 0 Å². The van der Waals surface area contributed by atoms with Gasteiger partial charge in [-0.3, -0.25) is 4.79 Å². The Bertz CT molecular complexity index is 255. The highest BCUT2D eigenvalue weighted by Gasteiger charge is 2.25. The van der Waals surface area contributed by atoms with Crippen molar-refractivity contribution in [1.29, 1.82) is 0 Å². The monoisotopic (exact) mass is 256 g/mol. The van der Waals surface area contributed by atoms with Gasteiger partial charge in [-0.1, -0.05) is 20.8 Å². The summed E-state index contributed by atoms with van der Waals surface area (Å²) in [6.07, 6.45) is 4.19. The highest BCUT2D eigenvalue weighted by Crippen LogP contribution is 2.21. The molecule has 1 unspecified atom stereocenters. The Kier molecular flexibility index (Phi) is 6.09. The summed E-state index contributed by atoms with van der Waals surface area (Å²) in [5, 5.41) is 12.4. The van der Waals surface area contributed by atoms with Crippen molar-refractivity contribution >= 4 is 5.91 Å². The summed E-state index contributed by atoms with van der Waals surface area (Å²) < 4.78 is 0. The second kappa shape index (κ2) is 7.10. The predicted molar refractivity (Wildman–Crippen MR) is 73.4 cm³/mol. The number of rotatable bonds is 5. The maximum Gasteiger partial charge on any atom is 0.236 e. The van der Waals surface area contributed by atoms with Crippen LogP contribution in [0.5, 0.6) is 0 Å². The molecule has 0 aromatic rings. The number of amides is 1. The molecule has 1 saturated heterocycles. The number of carbonyl (C=O) groups is 1. The van der Waals surface area contributed by atoms with E-state index in [0.717, 1.165) is 25.9 Å². The highest BCUT2D eigenvalue weighted by molar-refractivity contribution is 5.78. The third-order valence-corrected chi connectivity index (χ3v) is 3.67. The number of likely N-dealkylation sites (tertiary alicyclic amines) is 1. The van der Waals surface area contributed by atoms with Crippen LogP contribution in [-0.4, -0.2) is 48.2 Å². The number of nitrogens with one attached hydrogen (secondary N) is 1. The van der Waals surface area contributed by atoms with Gasteiger partial charge in [-0.25, -0.2) is 0 Å². The van der Waals surface area contributed by atoms with Crippen molar-refractivity contribution in [2.24, 2.45) is 5.41 Å². The minimum absolute atomic E-state index is 0.0604. The van der Waals surface area contributed by atoms with Crippen LogP contribution in [0.3, 0.4) is 0 Å². The van der Waals surface area contributed by atoms with Crippen LogP contribution in [0.25, 0.3) is 0 Å². The van der Waals surface area contributed by atoms with E-state index in [1.165, 1.54) is 6.42 Å². The Labute approximate surface area is 111 Å². The molecular weight excluding hydrogens is 228 g/mol. The van der Waals surface area contributed by atoms with E-state index in [4.69, 9.17) is 5.11 Å². The summed E-state index contributed by atoms with van der Waals surface area (Å²) >= 11 is 0. The largest absolute Gasteiger partial charge is 0.396 e. The van der Waals surface area contributed by atoms with Gasteiger partial charge in [-0.05, 0) is 31.1 Å². The van der Waals surface area contributed by atoms with Crippen molar-refractivity contribution in [2.45, 2.75) is 52.5 Å². The van der Waals surface area contributed by atoms with E-state index in [1.54, 1.807) is 0 Å². The molecule has 1 aliphatic heterocycles. The smallest absolute Gasteiger partial charge is 0.236 e. The van der Waals surface area contributed by atoms with Crippen LogP contribution in [0.2, 0.25) is 0 Å². The molecule has 1 fully saturated rings. The second-order valence-corrected chi connectivity index (χ2v) is 6.25. The van der Waals surface area contributed by atoms with E-state index in [1.807, 2.05) is 4.90 Å². The molecular formula is C14H28N2O2. The van der Waals surface area contributed by atoms with Crippen molar-refractivity contribution in [3.63, 3.8) is 0 Å². The number of carbonyl (C=O) groups excluding carboxylic acids is 1. The molecule has 1 amide bonds. The molecule has 1 aliphatic rings. The minimum Gasteiger partial charge on any atom is -0.396 e. The molecule has 2 N–H and O–H groups in total. The molecule has 0 aromatic heterocycles. The fourth-order valence-electron chi connectivity index (χ4n) is 2.44. The molecule has 1 rings (SSSR count). The van der Waals surface area contributed by atoms with Crippen molar-refractivity contribution in [3.05, 3.63) is 0 Å². The van der Waals surface area contributed by atoms with Crippen molar-refractivity contribution < 1.29 is 9.90 Å². The first-order valence-corrected chi connectivity index (χ1v) is 7.07. The fourth-order valence-corrected chi connectivity index (χ4v) is 2.44. The number of aliphatic hydroxyl groups is 1. The van der Waals surface area contributed by atoms with E-state index < -0.39 is 0 Å². The minimum atomic E-state index is 0.0604. The van der Waals surface area contributed by atoms with Crippen LogP contribution in [0.4, 0.5) is 0 Å². The number of hydrogen-bond acceptors (Lipinski definition) is 3. The molecule has 0 aliphatic carbocycles. The van der Waals surface area contributed by atoms with E-state index in [0.29, 0.717) is 13.0 Å². The molecule has 4 nitrogen and oxygen atoms in total. The topological polar surface area (TPSA) is 52.6 Å². The lowest BCUT2D eigenvalue weighted by Crippen LogP contribution is -2.47. The Morgan fingerprint density at radius 3 is 2.39 bits per heavy atom. The quantitative estimate of drug-likeness (QED) is 0.781. The molecule has 0 spiro atoms. The lowest BCUT2D eigenvalue weighted by Gasteiger charge is -2.33. The van der Waals surface area contributed by atoms with Crippen LogP contribution >= 0.6 is 0 Å². The average molecular weight is 256 g/mol. The lowest BCUT2D eigenvalue weighted by atomic mass is 9.85. The highest BCUT2D eigenvalue weighted by atomic mass is 16.3. The van der Waals surface area contributed by atoms with E-state index in [-0.39, 0.29) is 24.0 Å². The molecule has 1 atom stereocenters. The van der Waals surface area contributed by atoms with Gasteiger partial charge in [-0.15, -0.1) is 0 Å². The Hall–Kier alpha value is -0.610. The third kappa shape index (κ3) is 4.94. The SMILES string of the molecule is CC(C)(C)C(CCO)NCC(=O)N1CCCCC1. The molecule has 106 valence electrons. The van der Waals surface area contributed by atoms with Gasteiger partial charge in [0.2, 0.25) is 5.91 Å².